The summed E-state index contributed by atoms with van der Waals surface area (Å²) in [6.07, 6.45) is 7.10. The van der Waals surface area contributed by atoms with Crippen LogP contribution in [0.15, 0.2) is 170 Å². The van der Waals surface area contributed by atoms with Crippen LogP contribution >= 0.6 is 0 Å². The van der Waals surface area contributed by atoms with Gasteiger partial charge in [0.15, 0.2) is 17.5 Å². The van der Waals surface area contributed by atoms with E-state index in [1.807, 2.05) is 109 Å². The molecule has 0 N–H and O–H groups in total. The molecule has 0 aliphatic rings. The fourth-order valence-corrected chi connectivity index (χ4v) is 6.91. The van der Waals surface area contributed by atoms with Crippen LogP contribution in [0.3, 0.4) is 0 Å². The third-order valence-electron chi connectivity index (χ3n) is 9.46. The van der Waals surface area contributed by atoms with Crippen LogP contribution in [-0.2, 0) is 0 Å². The van der Waals surface area contributed by atoms with Crippen LogP contribution in [-0.4, -0.2) is 44.0 Å². The average molecular weight is 714 g/mol. The maximum atomic E-state index is 14.1. The van der Waals surface area contributed by atoms with Gasteiger partial charge in [0.05, 0.1) is 33.4 Å². The first kappa shape index (κ1) is 32.0. The molecule has 10 heteroatoms. The van der Waals surface area contributed by atoms with Gasteiger partial charge in [0.25, 0.3) is 0 Å². The number of rotatable bonds is 7. The quantitative estimate of drug-likeness (QED) is 0.162. The second-order valence-electron chi connectivity index (χ2n) is 12.9. The Balaban J connectivity index is 1.13. The number of fused-ring (bicyclic) bond motifs is 2. The number of halogens is 1. The molecule has 0 unspecified atom stereocenters. The third-order valence-corrected chi connectivity index (χ3v) is 9.46. The monoisotopic (exact) mass is 713 g/mol. The largest absolute Gasteiger partial charge is 0.292 e. The van der Waals surface area contributed by atoms with Gasteiger partial charge < -0.3 is 0 Å². The average Bonchev–Trinajstić information content (AvgIpc) is 3.84. The molecule has 0 bridgehead atoms. The SMILES string of the molecule is Fc1ccc(-c2nc(-c3cccc(-c4nc5ccccc5n4-c4ccncc4)c3)nc(-c3cccc(-c4nc5ccccc5n4-c4ccncc4)c3)n2)cc1. The number of para-hydroxylation sites is 4. The summed E-state index contributed by atoms with van der Waals surface area (Å²) in [6, 6.07) is 46.2. The number of nitrogens with zero attached hydrogens (tertiary/aromatic N) is 9. The number of hydrogen-bond acceptors (Lipinski definition) is 7. The molecule has 0 aliphatic heterocycles. The molecule has 260 valence electrons. The molecule has 9 nitrogen and oxygen atoms in total. The van der Waals surface area contributed by atoms with Crippen molar-refractivity contribution in [1.29, 1.82) is 0 Å². The predicted molar refractivity (Wildman–Crippen MR) is 212 cm³/mol. The highest BCUT2D eigenvalue weighted by Crippen LogP contribution is 2.34. The lowest BCUT2D eigenvalue weighted by Gasteiger charge is -2.12. The smallest absolute Gasteiger partial charge is 0.164 e. The number of hydrogen-bond donors (Lipinski definition) is 0. The summed E-state index contributed by atoms with van der Waals surface area (Å²) in [4.78, 5) is 33.5. The minimum absolute atomic E-state index is 0.340. The van der Waals surface area contributed by atoms with Crippen LogP contribution in [0.1, 0.15) is 0 Å². The fourth-order valence-electron chi connectivity index (χ4n) is 6.91. The summed E-state index contributed by atoms with van der Waals surface area (Å²) in [5, 5.41) is 0. The van der Waals surface area contributed by atoms with E-state index >= 15 is 0 Å². The number of imidazole rings is 2. The Hall–Kier alpha value is -7.72. The fraction of sp³-hybridized carbons (Fsp3) is 0. The Kier molecular flexibility index (Phi) is 7.77. The molecule has 5 aromatic carbocycles. The van der Waals surface area contributed by atoms with Gasteiger partial charge in [-0.25, -0.2) is 29.3 Å². The molecule has 0 fully saturated rings. The molecule has 0 radical (unpaired) electrons. The van der Waals surface area contributed by atoms with Crippen molar-refractivity contribution in [3.8, 4) is 68.3 Å². The lowest BCUT2D eigenvalue weighted by Crippen LogP contribution is -2.02. The standard InChI is InChI=1S/C45H28FN9/c46-34-17-15-29(16-18-34)41-51-42(30-7-5-9-32(27-30)44-49-37-11-1-3-13-39(37)54(44)35-19-23-47-24-20-35)53-43(52-41)31-8-6-10-33(28-31)45-50-38-12-2-4-14-40(38)55(45)36-21-25-48-26-22-36/h1-28H. The van der Waals surface area contributed by atoms with E-state index in [0.717, 1.165) is 67.3 Å². The van der Waals surface area contributed by atoms with E-state index < -0.39 is 0 Å². The molecule has 55 heavy (non-hydrogen) atoms. The maximum Gasteiger partial charge on any atom is 0.164 e. The van der Waals surface area contributed by atoms with Gasteiger partial charge in [0.1, 0.15) is 17.5 Å². The summed E-state index contributed by atoms with van der Waals surface area (Å²) in [5.41, 5.74) is 9.57. The molecule has 5 heterocycles. The predicted octanol–water partition coefficient (Wildman–Crippen LogP) is 9.81. The summed E-state index contributed by atoms with van der Waals surface area (Å²) in [5.74, 6) is 2.55. The first-order chi connectivity index (χ1) is 27.2. The zero-order chi connectivity index (χ0) is 36.7. The first-order valence-corrected chi connectivity index (χ1v) is 17.7. The zero-order valence-electron chi connectivity index (χ0n) is 29.1. The maximum absolute atomic E-state index is 14.1. The van der Waals surface area contributed by atoms with Gasteiger partial charge in [-0.2, -0.15) is 0 Å². The lowest BCUT2D eigenvalue weighted by atomic mass is 10.1. The van der Waals surface area contributed by atoms with Crippen molar-refractivity contribution in [2.75, 3.05) is 0 Å². The molecule has 10 aromatic rings. The van der Waals surface area contributed by atoms with Crippen LogP contribution in [0.4, 0.5) is 4.39 Å². The second-order valence-corrected chi connectivity index (χ2v) is 12.9. The van der Waals surface area contributed by atoms with Crippen molar-refractivity contribution >= 4 is 22.1 Å². The van der Waals surface area contributed by atoms with Gasteiger partial charge in [-0.3, -0.25) is 19.1 Å². The number of benzene rings is 5. The van der Waals surface area contributed by atoms with Crippen molar-refractivity contribution in [1.82, 2.24) is 44.0 Å². The molecular formula is C45H28FN9. The van der Waals surface area contributed by atoms with Crippen LogP contribution < -0.4 is 0 Å². The zero-order valence-corrected chi connectivity index (χ0v) is 29.1. The number of pyridine rings is 2. The van der Waals surface area contributed by atoms with Crippen LogP contribution in [0.2, 0.25) is 0 Å². The third kappa shape index (κ3) is 5.87. The Morgan fingerprint density at radius 1 is 0.364 bits per heavy atom. The Morgan fingerprint density at radius 3 is 1.25 bits per heavy atom. The first-order valence-electron chi connectivity index (χ1n) is 17.7. The molecule has 0 aliphatic carbocycles. The summed E-state index contributed by atoms with van der Waals surface area (Å²) >= 11 is 0. The normalized spacial score (nSPS) is 11.4. The Bertz CT molecular complexity index is 2820. The van der Waals surface area contributed by atoms with E-state index in [1.165, 1.54) is 12.1 Å². The van der Waals surface area contributed by atoms with E-state index in [-0.39, 0.29) is 5.82 Å². The van der Waals surface area contributed by atoms with E-state index in [1.54, 1.807) is 36.9 Å². The van der Waals surface area contributed by atoms with Crippen molar-refractivity contribution in [3.63, 3.8) is 0 Å². The summed E-state index contributed by atoms with van der Waals surface area (Å²) in [6.45, 7) is 0. The van der Waals surface area contributed by atoms with Crippen LogP contribution in [0.5, 0.6) is 0 Å². The lowest BCUT2D eigenvalue weighted by molar-refractivity contribution is 0.628. The van der Waals surface area contributed by atoms with Crippen molar-refractivity contribution in [3.05, 3.63) is 176 Å². The highest BCUT2D eigenvalue weighted by Gasteiger charge is 2.19. The minimum atomic E-state index is -0.340. The summed E-state index contributed by atoms with van der Waals surface area (Å²) in [7, 11) is 0. The molecule has 5 aromatic heterocycles. The highest BCUT2D eigenvalue weighted by atomic mass is 19.1. The van der Waals surface area contributed by atoms with Gasteiger partial charge in [-0.1, -0.05) is 60.7 Å². The molecule has 0 spiro atoms. The molecule has 10 rings (SSSR count). The Labute approximate surface area is 314 Å². The van der Waals surface area contributed by atoms with E-state index in [9.17, 15) is 4.39 Å². The van der Waals surface area contributed by atoms with Gasteiger partial charge in [-0.05, 0) is 84.9 Å². The van der Waals surface area contributed by atoms with Gasteiger partial charge in [0, 0.05) is 52.6 Å². The molecule has 0 saturated heterocycles. The summed E-state index contributed by atoms with van der Waals surface area (Å²) < 4.78 is 18.3. The van der Waals surface area contributed by atoms with E-state index in [4.69, 9.17) is 24.9 Å². The van der Waals surface area contributed by atoms with Crippen molar-refractivity contribution in [2.24, 2.45) is 0 Å². The highest BCUT2D eigenvalue weighted by molar-refractivity contribution is 5.85. The van der Waals surface area contributed by atoms with Gasteiger partial charge in [-0.15, -0.1) is 0 Å². The van der Waals surface area contributed by atoms with Gasteiger partial charge >= 0.3 is 0 Å². The number of aromatic nitrogens is 9. The van der Waals surface area contributed by atoms with Crippen molar-refractivity contribution < 1.29 is 4.39 Å². The van der Waals surface area contributed by atoms with E-state index in [0.29, 0.717) is 23.0 Å². The second kappa shape index (κ2) is 13.4. The topological polar surface area (TPSA) is 100 Å². The molecule has 0 amide bonds. The van der Waals surface area contributed by atoms with Crippen LogP contribution in [0, 0.1) is 5.82 Å². The minimum Gasteiger partial charge on any atom is -0.292 e. The van der Waals surface area contributed by atoms with Crippen LogP contribution in [0.25, 0.3) is 90.4 Å². The molecule has 0 atom stereocenters. The van der Waals surface area contributed by atoms with E-state index in [2.05, 4.69) is 31.2 Å². The van der Waals surface area contributed by atoms with Crippen molar-refractivity contribution in [2.45, 2.75) is 0 Å². The Morgan fingerprint density at radius 2 is 0.782 bits per heavy atom. The molecular weight excluding hydrogens is 686 g/mol. The molecule has 0 saturated carbocycles. The van der Waals surface area contributed by atoms with Gasteiger partial charge in [0.2, 0.25) is 0 Å².